The second kappa shape index (κ2) is 9.18. The fourth-order valence-corrected chi connectivity index (χ4v) is 3.99. The lowest BCUT2D eigenvalue weighted by atomic mass is 10.1. The lowest BCUT2D eigenvalue weighted by Gasteiger charge is -2.30. The highest BCUT2D eigenvalue weighted by Gasteiger charge is 2.27. The topological polar surface area (TPSA) is 82.9 Å². The number of carbonyl (C=O) groups excluding carboxylic acids is 1. The van der Waals surface area contributed by atoms with E-state index in [1.54, 1.807) is 55.5 Å². The largest absolute Gasteiger partial charge is 0.454 e. The van der Waals surface area contributed by atoms with Crippen LogP contribution in [-0.2, 0) is 11.8 Å². The molecule has 1 atom stereocenters. The summed E-state index contributed by atoms with van der Waals surface area (Å²) < 4.78 is 17.4. The summed E-state index contributed by atoms with van der Waals surface area (Å²) in [6.07, 6.45) is 0.629. The van der Waals surface area contributed by atoms with Gasteiger partial charge in [0.05, 0.1) is 16.9 Å². The average Bonchev–Trinajstić information content (AvgIpc) is 3.26. The number of methoxy groups -OCH3 is 1. The standard InChI is InChI=1S/C23H24ClN3O5/c1-14(21-25-18-12-16(24)6-7-17(18)23(29)26(21)2)27(9-4-10-30-3)22(28)15-5-8-19-20(11-15)32-13-31-19/h5-8,11-12,14H,4,9-10,13H2,1-3H3. The number of benzene rings is 2. The molecule has 0 aliphatic carbocycles. The van der Waals surface area contributed by atoms with E-state index < -0.39 is 6.04 Å². The third kappa shape index (κ3) is 4.16. The number of carbonyl (C=O) groups is 1. The first-order valence-electron chi connectivity index (χ1n) is 10.3. The van der Waals surface area contributed by atoms with Crippen LogP contribution in [0.5, 0.6) is 11.5 Å². The van der Waals surface area contributed by atoms with E-state index in [1.165, 1.54) is 4.57 Å². The second-order valence-electron chi connectivity index (χ2n) is 7.58. The van der Waals surface area contributed by atoms with Gasteiger partial charge in [-0.25, -0.2) is 4.98 Å². The average molecular weight is 458 g/mol. The molecule has 3 aromatic rings. The van der Waals surface area contributed by atoms with Gasteiger partial charge in [-0.3, -0.25) is 14.2 Å². The summed E-state index contributed by atoms with van der Waals surface area (Å²) in [6, 6.07) is 9.60. The number of amides is 1. The Bertz CT molecular complexity index is 1230. The van der Waals surface area contributed by atoms with Gasteiger partial charge >= 0.3 is 0 Å². The van der Waals surface area contributed by atoms with Crippen molar-refractivity contribution in [3.63, 3.8) is 0 Å². The van der Waals surface area contributed by atoms with E-state index in [4.69, 9.17) is 25.8 Å². The smallest absolute Gasteiger partial charge is 0.261 e. The fourth-order valence-electron chi connectivity index (χ4n) is 3.82. The minimum atomic E-state index is -0.481. The molecule has 1 aliphatic heterocycles. The zero-order valence-corrected chi connectivity index (χ0v) is 18.9. The van der Waals surface area contributed by atoms with Gasteiger partial charge in [-0.05, 0) is 49.7 Å². The summed E-state index contributed by atoms with van der Waals surface area (Å²) in [6.45, 7) is 2.91. The van der Waals surface area contributed by atoms with Crippen LogP contribution in [0.4, 0.5) is 0 Å². The summed E-state index contributed by atoms with van der Waals surface area (Å²) in [5, 5.41) is 0.964. The molecule has 0 fully saturated rings. The van der Waals surface area contributed by atoms with Crippen molar-refractivity contribution in [3.05, 3.63) is 63.2 Å². The highest BCUT2D eigenvalue weighted by atomic mass is 35.5. The summed E-state index contributed by atoms with van der Waals surface area (Å²) in [4.78, 5) is 32.8. The zero-order valence-electron chi connectivity index (χ0n) is 18.1. The van der Waals surface area contributed by atoms with Crippen molar-refractivity contribution in [2.75, 3.05) is 27.1 Å². The first-order chi connectivity index (χ1) is 15.4. The molecule has 168 valence electrons. The number of hydrogen-bond acceptors (Lipinski definition) is 6. The van der Waals surface area contributed by atoms with Crippen LogP contribution in [0.2, 0.25) is 5.02 Å². The van der Waals surface area contributed by atoms with Crippen LogP contribution in [0.25, 0.3) is 10.9 Å². The number of rotatable bonds is 7. The number of hydrogen-bond donors (Lipinski definition) is 0. The van der Waals surface area contributed by atoms with E-state index in [9.17, 15) is 9.59 Å². The minimum Gasteiger partial charge on any atom is -0.454 e. The van der Waals surface area contributed by atoms with Crippen molar-refractivity contribution < 1.29 is 19.0 Å². The van der Waals surface area contributed by atoms with Gasteiger partial charge in [0.15, 0.2) is 11.5 Å². The molecule has 2 aromatic carbocycles. The molecule has 9 heteroatoms. The molecule has 1 aromatic heterocycles. The fraction of sp³-hybridized carbons (Fsp3) is 0.348. The SMILES string of the molecule is COCCCN(C(=O)c1ccc2c(c1)OCO2)C(C)c1nc2cc(Cl)ccc2c(=O)n1C. The predicted molar refractivity (Wildman–Crippen MR) is 121 cm³/mol. The van der Waals surface area contributed by atoms with Crippen LogP contribution in [-0.4, -0.2) is 47.4 Å². The molecule has 32 heavy (non-hydrogen) atoms. The van der Waals surface area contributed by atoms with Crippen LogP contribution in [0.3, 0.4) is 0 Å². The summed E-state index contributed by atoms with van der Waals surface area (Å²) in [5.41, 5.74) is 0.767. The Balaban J connectivity index is 1.73. The number of fused-ring (bicyclic) bond motifs is 2. The Morgan fingerprint density at radius 2 is 2.03 bits per heavy atom. The van der Waals surface area contributed by atoms with E-state index in [1.807, 2.05) is 6.92 Å². The van der Waals surface area contributed by atoms with Crippen LogP contribution in [0.15, 0.2) is 41.2 Å². The Morgan fingerprint density at radius 3 is 2.81 bits per heavy atom. The van der Waals surface area contributed by atoms with E-state index in [2.05, 4.69) is 4.98 Å². The molecule has 1 unspecified atom stereocenters. The van der Waals surface area contributed by atoms with Crippen molar-refractivity contribution in [2.24, 2.45) is 7.05 Å². The first kappa shape index (κ1) is 22.1. The van der Waals surface area contributed by atoms with E-state index >= 15 is 0 Å². The van der Waals surface area contributed by atoms with E-state index in [-0.39, 0.29) is 18.3 Å². The monoisotopic (exact) mass is 457 g/mol. The Labute approximate surface area is 190 Å². The van der Waals surface area contributed by atoms with Gasteiger partial charge in [-0.2, -0.15) is 0 Å². The van der Waals surface area contributed by atoms with Crippen LogP contribution in [0.1, 0.15) is 35.6 Å². The Kier molecular flexibility index (Phi) is 6.34. The molecule has 4 rings (SSSR count). The molecular weight excluding hydrogens is 434 g/mol. The van der Waals surface area contributed by atoms with Crippen LogP contribution in [0, 0.1) is 0 Å². The normalized spacial score (nSPS) is 13.4. The van der Waals surface area contributed by atoms with Gasteiger partial charge in [0.1, 0.15) is 5.82 Å². The number of aromatic nitrogens is 2. The zero-order chi connectivity index (χ0) is 22.8. The third-order valence-electron chi connectivity index (χ3n) is 5.54. The molecule has 0 radical (unpaired) electrons. The summed E-state index contributed by atoms with van der Waals surface area (Å²) in [5.74, 6) is 1.41. The van der Waals surface area contributed by atoms with Gasteiger partial charge in [0.2, 0.25) is 6.79 Å². The highest BCUT2D eigenvalue weighted by molar-refractivity contribution is 6.31. The molecule has 2 heterocycles. The predicted octanol–water partition coefficient (Wildman–Crippen LogP) is 3.56. The van der Waals surface area contributed by atoms with Gasteiger partial charge in [-0.1, -0.05) is 11.6 Å². The Hall–Kier alpha value is -3.10. The van der Waals surface area contributed by atoms with Crippen LogP contribution < -0.4 is 15.0 Å². The van der Waals surface area contributed by atoms with E-state index in [0.29, 0.717) is 58.4 Å². The molecule has 0 bridgehead atoms. The quantitative estimate of drug-likeness (QED) is 0.504. The molecule has 8 nitrogen and oxygen atoms in total. The van der Waals surface area contributed by atoms with Gasteiger partial charge < -0.3 is 19.1 Å². The molecule has 0 spiro atoms. The lowest BCUT2D eigenvalue weighted by Crippen LogP contribution is -2.38. The van der Waals surface area contributed by atoms with Gasteiger partial charge in [0.25, 0.3) is 11.5 Å². The van der Waals surface area contributed by atoms with Gasteiger partial charge in [-0.15, -0.1) is 0 Å². The molecule has 0 N–H and O–H groups in total. The first-order valence-corrected chi connectivity index (χ1v) is 10.6. The highest BCUT2D eigenvalue weighted by Crippen LogP contribution is 2.33. The third-order valence-corrected chi connectivity index (χ3v) is 5.78. The lowest BCUT2D eigenvalue weighted by molar-refractivity contribution is 0.0656. The minimum absolute atomic E-state index is 0.132. The molecule has 1 amide bonds. The second-order valence-corrected chi connectivity index (χ2v) is 8.02. The van der Waals surface area contributed by atoms with Crippen LogP contribution >= 0.6 is 11.6 Å². The Morgan fingerprint density at radius 1 is 1.25 bits per heavy atom. The molecule has 0 saturated carbocycles. The maximum Gasteiger partial charge on any atom is 0.261 e. The number of halogens is 1. The van der Waals surface area contributed by atoms with Crippen molar-refractivity contribution in [1.82, 2.24) is 14.5 Å². The molecule has 1 aliphatic rings. The maximum atomic E-state index is 13.5. The van der Waals surface area contributed by atoms with Crippen molar-refractivity contribution in [1.29, 1.82) is 0 Å². The van der Waals surface area contributed by atoms with Crippen molar-refractivity contribution in [3.8, 4) is 11.5 Å². The molecule has 0 saturated heterocycles. The van der Waals surface area contributed by atoms with E-state index in [0.717, 1.165) is 0 Å². The van der Waals surface area contributed by atoms with Crippen molar-refractivity contribution in [2.45, 2.75) is 19.4 Å². The van der Waals surface area contributed by atoms with Crippen molar-refractivity contribution >= 4 is 28.4 Å². The summed E-state index contributed by atoms with van der Waals surface area (Å²) >= 11 is 6.12. The molecular formula is C23H24ClN3O5. The summed E-state index contributed by atoms with van der Waals surface area (Å²) in [7, 11) is 3.28. The number of nitrogens with zero attached hydrogens (tertiary/aromatic N) is 3. The number of ether oxygens (including phenoxy) is 3. The van der Waals surface area contributed by atoms with Gasteiger partial charge in [0, 0.05) is 37.9 Å². The maximum absolute atomic E-state index is 13.5.